The molecule has 0 atom stereocenters. The molecule has 4 rings (SSSR count). The number of piperazine rings is 1. The van der Waals surface area contributed by atoms with Gasteiger partial charge in [0, 0.05) is 43.5 Å². The Hall–Kier alpha value is -3.24. The summed E-state index contributed by atoms with van der Waals surface area (Å²) in [6.07, 6.45) is -3.67. The van der Waals surface area contributed by atoms with Gasteiger partial charge in [0.05, 0.1) is 13.7 Å². The molecule has 0 bridgehead atoms. The molecular weight excluding hydrogens is 473 g/mol. The van der Waals surface area contributed by atoms with Crippen LogP contribution in [-0.2, 0) is 6.54 Å². The van der Waals surface area contributed by atoms with Gasteiger partial charge in [0.2, 0.25) is 0 Å². The zero-order chi connectivity index (χ0) is 25.5. The number of benzene rings is 2. The van der Waals surface area contributed by atoms with Gasteiger partial charge in [-0.2, -0.15) is 0 Å². The molecule has 0 amide bonds. The highest BCUT2D eigenvalue weighted by molar-refractivity contribution is 5.59. The Morgan fingerprint density at radius 3 is 2.28 bits per heavy atom. The third kappa shape index (κ3) is 7.38. The van der Waals surface area contributed by atoms with Crippen LogP contribution in [0.3, 0.4) is 0 Å². The van der Waals surface area contributed by atoms with Crippen LogP contribution in [0.2, 0.25) is 0 Å². The van der Waals surface area contributed by atoms with E-state index in [9.17, 15) is 13.2 Å². The highest BCUT2D eigenvalue weighted by Crippen LogP contribution is 2.26. The van der Waals surface area contributed by atoms with Crippen molar-refractivity contribution in [2.45, 2.75) is 19.3 Å². The smallest absolute Gasteiger partial charge is 0.497 e. The zero-order valence-electron chi connectivity index (χ0n) is 20.5. The Morgan fingerprint density at radius 1 is 0.972 bits per heavy atom. The Bertz CT molecular complexity index is 1080. The second-order valence-electron chi connectivity index (χ2n) is 8.87. The number of hydrogen-bond acceptors (Lipinski definition) is 7. The largest absolute Gasteiger partial charge is 0.573 e. The summed E-state index contributed by atoms with van der Waals surface area (Å²) >= 11 is 0. The first-order chi connectivity index (χ1) is 17.3. The second-order valence-corrected chi connectivity index (χ2v) is 8.87. The fraction of sp³-hybridized carbons (Fsp3) is 0.423. The number of anilines is 1. The lowest BCUT2D eigenvalue weighted by Gasteiger charge is -2.36. The van der Waals surface area contributed by atoms with Crippen LogP contribution in [0.1, 0.15) is 12.2 Å². The standard InChI is InChI=1S/C26H31F3N4O3/c1-31(12-3-13-32-14-16-33(17-15-32)21-6-10-22(34-2)11-7-21)19-24-18-25(30-36-24)20-4-8-23(9-5-20)35-26(27,28)29/h4-11,18H,3,12-17,19H2,1-2H3. The van der Waals surface area contributed by atoms with Crippen molar-refractivity contribution in [3.8, 4) is 22.8 Å². The van der Waals surface area contributed by atoms with Crippen molar-refractivity contribution < 1.29 is 27.2 Å². The van der Waals surface area contributed by atoms with Crippen LogP contribution >= 0.6 is 0 Å². The first-order valence-electron chi connectivity index (χ1n) is 11.9. The van der Waals surface area contributed by atoms with Gasteiger partial charge in [-0.1, -0.05) is 5.16 Å². The minimum atomic E-state index is -4.71. The topological polar surface area (TPSA) is 54.2 Å². The van der Waals surface area contributed by atoms with Gasteiger partial charge in [-0.3, -0.25) is 9.80 Å². The molecule has 1 fully saturated rings. The van der Waals surface area contributed by atoms with E-state index in [0.29, 0.717) is 23.6 Å². The maximum Gasteiger partial charge on any atom is 0.573 e. The van der Waals surface area contributed by atoms with E-state index in [2.05, 4.69) is 36.7 Å². The number of halogens is 3. The van der Waals surface area contributed by atoms with Crippen molar-refractivity contribution in [1.82, 2.24) is 15.0 Å². The molecule has 0 saturated carbocycles. The molecule has 1 aliphatic rings. The summed E-state index contributed by atoms with van der Waals surface area (Å²) in [4.78, 5) is 7.07. The van der Waals surface area contributed by atoms with Gasteiger partial charge < -0.3 is 18.9 Å². The molecule has 0 aliphatic carbocycles. The van der Waals surface area contributed by atoms with Crippen molar-refractivity contribution in [3.63, 3.8) is 0 Å². The van der Waals surface area contributed by atoms with Crippen molar-refractivity contribution in [2.24, 2.45) is 0 Å². The number of hydrogen-bond donors (Lipinski definition) is 0. The maximum absolute atomic E-state index is 12.3. The van der Waals surface area contributed by atoms with Crippen LogP contribution in [-0.4, -0.2) is 74.7 Å². The van der Waals surface area contributed by atoms with Crippen LogP contribution in [0.25, 0.3) is 11.3 Å². The molecule has 0 radical (unpaired) electrons. The summed E-state index contributed by atoms with van der Waals surface area (Å²) in [7, 11) is 3.71. The minimum absolute atomic E-state index is 0.267. The third-order valence-electron chi connectivity index (χ3n) is 6.19. The summed E-state index contributed by atoms with van der Waals surface area (Å²) in [5.74, 6) is 1.31. The summed E-state index contributed by atoms with van der Waals surface area (Å²) in [5.41, 5.74) is 2.47. The molecule has 0 spiro atoms. The normalized spacial score (nSPS) is 14.9. The van der Waals surface area contributed by atoms with Crippen molar-refractivity contribution in [1.29, 1.82) is 0 Å². The molecule has 1 saturated heterocycles. The predicted molar refractivity (Wildman–Crippen MR) is 131 cm³/mol. The van der Waals surface area contributed by atoms with Gasteiger partial charge >= 0.3 is 6.36 Å². The van der Waals surface area contributed by atoms with Gasteiger partial charge in [-0.25, -0.2) is 0 Å². The lowest BCUT2D eigenvalue weighted by molar-refractivity contribution is -0.274. The van der Waals surface area contributed by atoms with Crippen LogP contribution in [0.15, 0.2) is 59.1 Å². The molecule has 1 aliphatic heterocycles. The molecule has 36 heavy (non-hydrogen) atoms. The van der Waals surface area contributed by atoms with Crippen molar-refractivity contribution in [3.05, 3.63) is 60.4 Å². The van der Waals surface area contributed by atoms with E-state index in [-0.39, 0.29) is 5.75 Å². The Morgan fingerprint density at radius 2 is 1.64 bits per heavy atom. The number of methoxy groups -OCH3 is 1. The Labute approximate surface area is 209 Å². The van der Waals surface area contributed by atoms with Gasteiger partial charge in [-0.05, 0) is 75.1 Å². The van der Waals surface area contributed by atoms with Crippen LogP contribution in [0, 0.1) is 0 Å². The summed E-state index contributed by atoms with van der Waals surface area (Å²) < 4.78 is 51.5. The molecule has 3 aromatic rings. The molecule has 1 aromatic heterocycles. The maximum atomic E-state index is 12.3. The SMILES string of the molecule is COc1ccc(N2CCN(CCCN(C)Cc3cc(-c4ccc(OC(F)(F)F)cc4)no3)CC2)cc1. The molecule has 7 nitrogen and oxygen atoms in total. The minimum Gasteiger partial charge on any atom is -0.497 e. The highest BCUT2D eigenvalue weighted by Gasteiger charge is 2.31. The number of aromatic nitrogens is 1. The Kier molecular flexibility index (Phi) is 8.37. The molecule has 2 aromatic carbocycles. The van der Waals surface area contributed by atoms with Gasteiger partial charge in [0.15, 0.2) is 5.76 Å². The molecule has 2 heterocycles. The number of ether oxygens (including phenoxy) is 2. The van der Waals surface area contributed by atoms with E-state index in [1.807, 2.05) is 25.2 Å². The summed E-state index contributed by atoms with van der Waals surface area (Å²) in [6.45, 7) is 6.64. The third-order valence-corrected chi connectivity index (χ3v) is 6.19. The van der Waals surface area contributed by atoms with E-state index in [1.165, 1.54) is 30.0 Å². The van der Waals surface area contributed by atoms with Crippen LogP contribution in [0.5, 0.6) is 11.5 Å². The molecular formula is C26H31F3N4O3. The summed E-state index contributed by atoms with van der Waals surface area (Å²) in [6, 6.07) is 15.6. The monoisotopic (exact) mass is 504 g/mol. The van der Waals surface area contributed by atoms with Gasteiger partial charge in [0.1, 0.15) is 17.2 Å². The lowest BCUT2D eigenvalue weighted by atomic mass is 10.1. The predicted octanol–water partition coefficient (Wildman–Crippen LogP) is 4.89. The number of nitrogens with zero attached hydrogens (tertiary/aromatic N) is 4. The highest BCUT2D eigenvalue weighted by atomic mass is 19.4. The average Bonchev–Trinajstić information content (AvgIpc) is 3.32. The van der Waals surface area contributed by atoms with Gasteiger partial charge in [0.25, 0.3) is 0 Å². The molecule has 0 N–H and O–H groups in total. The number of alkyl halides is 3. The van der Waals surface area contributed by atoms with E-state index >= 15 is 0 Å². The lowest BCUT2D eigenvalue weighted by Crippen LogP contribution is -2.47. The summed E-state index contributed by atoms with van der Waals surface area (Å²) in [5, 5.41) is 4.05. The quantitative estimate of drug-likeness (QED) is 0.390. The fourth-order valence-corrected chi connectivity index (χ4v) is 4.28. The van der Waals surface area contributed by atoms with Crippen LogP contribution < -0.4 is 14.4 Å². The fourth-order valence-electron chi connectivity index (χ4n) is 4.28. The van der Waals surface area contributed by atoms with Gasteiger partial charge in [-0.15, -0.1) is 13.2 Å². The first kappa shape index (κ1) is 25.8. The molecule has 194 valence electrons. The van der Waals surface area contributed by atoms with E-state index in [0.717, 1.165) is 51.4 Å². The van der Waals surface area contributed by atoms with Crippen molar-refractivity contribution in [2.75, 3.05) is 58.3 Å². The molecule has 0 unspecified atom stereocenters. The first-order valence-corrected chi connectivity index (χ1v) is 11.9. The average molecular weight is 505 g/mol. The van der Waals surface area contributed by atoms with Crippen LogP contribution in [0.4, 0.5) is 18.9 Å². The van der Waals surface area contributed by atoms with E-state index in [1.54, 1.807) is 7.11 Å². The number of rotatable bonds is 10. The van der Waals surface area contributed by atoms with Crippen molar-refractivity contribution >= 4 is 5.69 Å². The van der Waals surface area contributed by atoms with E-state index in [4.69, 9.17) is 9.26 Å². The molecule has 10 heteroatoms. The second kappa shape index (κ2) is 11.7. The Balaban J connectivity index is 1.17. The van der Waals surface area contributed by atoms with E-state index < -0.39 is 6.36 Å². The zero-order valence-corrected chi connectivity index (χ0v) is 20.5.